The van der Waals surface area contributed by atoms with E-state index in [0.717, 1.165) is 0 Å². The van der Waals surface area contributed by atoms with E-state index in [-0.39, 0.29) is 12.2 Å². The van der Waals surface area contributed by atoms with Crippen LogP contribution in [0, 0.1) is 0 Å². The smallest absolute Gasteiger partial charge is 0.339 e. The largest absolute Gasteiger partial charge is 0.478 e. The highest BCUT2D eigenvalue weighted by molar-refractivity contribution is 5.97. The maximum atomic E-state index is 11.1. The quantitative estimate of drug-likeness (QED) is 0.811. The van der Waals surface area contributed by atoms with Gasteiger partial charge in [-0.25, -0.2) is 9.31 Å². The van der Waals surface area contributed by atoms with Crippen LogP contribution in [0.15, 0.2) is 18.3 Å². The van der Waals surface area contributed by atoms with Gasteiger partial charge in [-0.2, -0.15) is 5.10 Å². The van der Waals surface area contributed by atoms with Crippen LogP contribution in [0.3, 0.4) is 0 Å². The number of nitrogens with zero attached hydrogens (tertiary/aromatic N) is 2. The Balaban J connectivity index is 2.72. The lowest BCUT2D eigenvalue weighted by atomic mass is 10.1. The summed E-state index contributed by atoms with van der Waals surface area (Å²) in [5.41, 5.74) is 2.06. The second kappa shape index (κ2) is 3.94. The Morgan fingerprint density at radius 2 is 2.25 bits per heavy atom. The molecular formula is C11H12N2O3. The molecule has 0 bridgehead atoms. The molecule has 0 unspecified atom stereocenters. The zero-order valence-electron chi connectivity index (χ0n) is 8.84. The molecule has 0 aliphatic heterocycles. The van der Waals surface area contributed by atoms with Crippen molar-refractivity contribution in [2.24, 2.45) is 0 Å². The number of hydrogen-bond donors (Lipinski definition) is 2. The first-order valence-electron chi connectivity index (χ1n) is 5.01. The van der Waals surface area contributed by atoms with Gasteiger partial charge in [-0.05, 0) is 18.1 Å². The maximum Gasteiger partial charge on any atom is 0.339 e. The Morgan fingerprint density at radius 1 is 1.50 bits per heavy atom. The Kier molecular flexibility index (Phi) is 2.62. The predicted octanol–water partition coefficient (Wildman–Crippen LogP) is 1.09. The molecule has 5 nitrogen and oxygen atoms in total. The summed E-state index contributed by atoms with van der Waals surface area (Å²) in [4.78, 5) is 11.1. The van der Waals surface area contributed by atoms with Gasteiger partial charge in [0.25, 0.3) is 0 Å². The summed E-state index contributed by atoms with van der Waals surface area (Å²) in [6, 6.07) is 3.37. The highest BCUT2D eigenvalue weighted by atomic mass is 16.4. The number of rotatable bonds is 3. The summed E-state index contributed by atoms with van der Waals surface area (Å²) >= 11 is 0. The maximum absolute atomic E-state index is 11.1. The molecule has 0 atom stereocenters. The summed E-state index contributed by atoms with van der Waals surface area (Å²) in [5, 5.41) is 22.3. The van der Waals surface area contributed by atoms with E-state index in [1.807, 2.05) is 6.92 Å². The molecule has 0 aliphatic rings. The molecule has 0 fully saturated rings. The Morgan fingerprint density at radius 3 is 2.81 bits per heavy atom. The number of carbonyl (C=O) groups is 1. The van der Waals surface area contributed by atoms with E-state index in [0.29, 0.717) is 23.2 Å². The van der Waals surface area contributed by atoms with Gasteiger partial charge in [0.05, 0.1) is 17.8 Å². The minimum Gasteiger partial charge on any atom is -0.478 e. The molecule has 16 heavy (non-hydrogen) atoms. The molecule has 0 saturated heterocycles. The number of aliphatic hydroxyl groups is 1. The zero-order chi connectivity index (χ0) is 11.7. The topological polar surface area (TPSA) is 74.8 Å². The van der Waals surface area contributed by atoms with Crippen LogP contribution in [0.5, 0.6) is 0 Å². The van der Waals surface area contributed by atoms with Crippen molar-refractivity contribution in [3.8, 4) is 0 Å². The van der Waals surface area contributed by atoms with E-state index < -0.39 is 5.97 Å². The summed E-state index contributed by atoms with van der Waals surface area (Å²) in [6.45, 7) is 1.78. The van der Waals surface area contributed by atoms with Gasteiger partial charge in [0.1, 0.15) is 5.56 Å². The Bertz CT molecular complexity index is 545. The van der Waals surface area contributed by atoms with Gasteiger partial charge >= 0.3 is 5.97 Å². The van der Waals surface area contributed by atoms with Gasteiger partial charge < -0.3 is 10.2 Å². The van der Waals surface area contributed by atoms with E-state index in [1.54, 1.807) is 18.3 Å². The Labute approximate surface area is 91.9 Å². The highest BCUT2D eigenvalue weighted by Gasteiger charge is 2.17. The lowest BCUT2D eigenvalue weighted by molar-refractivity contribution is 0.0698. The molecule has 0 amide bonds. The van der Waals surface area contributed by atoms with Gasteiger partial charge in [-0.3, -0.25) is 0 Å². The van der Waals surface area contributed by atoms with Crippen molar-refractivity contribution >= 4 is 11.5 Å². The number of hydrogen-bond acceptors (Lipinski definition) is 3. The number of pyridine rings is 1. The zero-order valence-corrected chi connectivity index (χ0v) is 8.84. The van der Waals surface area contributed by atoms with E-state index in [1.165, 1.54) is 4.52 Å². The van der Waals surface area contributed by atoms with Crippen molar-refractivity contribution in [1.82, 2.24) is 9.61 Å². The molecule has 0 saturated carbocycles. The van der Waals surface area contributed by atoms with Crippen LogP contribution in [0.4, 0.5) is 0 Å². The molecule has 5 heteroatoms. The first-order chi connectivity index (χ1) is 7.67. The van der Waals surface area contributed by atoms with Crippen molar-refractivity contribution in [3.05, 3.63) is 35.2 Å². The lowest BCUT2D eigenvalue weighted by Crippen LogP contribution is -1.99. The van der Waals surface area contributed by atoms with Gasteiger partial charge in [-0.15, -0.1) is 0 Å². The summed E-state index contributed by atoms with van der Waals surface area (Å²) in [7, 11) is 0. The lowest BCUT2D eigenvalue weighted by Gasteiger charge is -1.97. The first-order valence-corrected chi connectivity index (χ1v) is 5.01. The standard InChI is InChI=1S/C11H12N2O3/c1-2-8-10(11(15)16)9-4-3-7(6-14)5-13(9)12-8/h3-5,14H,2,6H2,1H3,(H,15,16). The number of carboxylic acids is 1. The van der Waals surface area contributed by atoms with Crippen LogP contribution in [-0.2, 0) is 13.0 Å². The van der Waals surface area contributed by atoms with Gasteiger partial charge in [0, 0.05) is 6.20 Å². The number of aromatic nitrogens is 2. The SMILES string of the molecule is CCc1nn2cc(CO)ccc2c1C(=O)O. The predicted molar refractivity (Wildman–Crippen MR) is 57.5 cm³/mol. The molecule has 84 valence electrons. The minimum atomic E-state index is -0.969. The van der Waals surface area contributed by atoms with Crippen molar-refractivity contribution in [1.29, 1.82) is 0 Å². The molecule has 2 heterocycles. The van der Waals surface area contributed by atoms with Crippen LogP contribution < -0.4 is 0 Å². The minimum absolute atomic E-state index is 0.0837. The van der Waals surface area contributed by atoms with E-state index in [9.17, 15) is 4.79 Å². The molecule has 0 aliphatic carbocycles. The van der Waals surface area contributed by atoms with Crippen LogP contribution >= 0.6 is 0 Å². The summed E-state index contributed by atoms with van der Waals surface area (Å²) in [5.74, 6) is -0.969. The third kappa shape index (κ3) is 1.55. The molecule has 0 radical (unpaired) electrons. The third-order valence-corrected chi connectivity index (χ3v) is 2.49. The number of aliphatic hydroxyl groups excluding tert-OH is 1. The van der Waals surface area contributed by atoms with Crippen LogP contribution in [0.2, 0.25) is 0 Å². The van der Waals surface area contributed by atoms with E-state index >= 15 is 0 Å². The van der Waals surface area contributed by atoms with Crippen LogP contribution in [0.25, 0.3) is 5.52 Å². The van der Waals surface area contributed by atoms with Gasteiger partial charge in [0.15, 0.2) is 0 Å². The molecule has 2 aromatic heterocycles. The van der Waals surface area contributed by atoms with Crippen LogP contribution in [-0.4, -0.2) is 25.8 Å². The second-order valence-electron chi connectivity index (χ2n) is 3.51. The van der Waals surface area contributed by atoms with Gasteiger partial charge in [-0.1, -0.05) is 13.0 Å². The average molecular weight is 220 g/mol. The van der Waals surface area contributed by atoms with Crippen LogP contribution in [0.1, 0.15) is 28.5 Å². The third-order valence-electron chi connectivity index (χ3n) is 2.49. The molecule has 2 aromatic rings. The van der Waals surface area contributed by atoms with Crippen molar-refractivity contribution < 1.29 is 15.0 Å². The van der Waals surface area contributed by atoms with Crippen molar-refractivity contribution in [2.45, 2.75) is 20.0 Å². The van der Waals surface area contributed by atoms with Crippen molar-refractivity contribution in [2.75, 3.05) is 0 Å². The molecule has 0 aromatic carbocycles. The number of carboxylic acid groups (broad SMARTS) is 1. The van der Waals surface area contributed by atoms with E-state index in [2.05, 4.69) is 5.10 Å². The molecular weight excluding hydrogens is 208 g/mol. The number of aryl methyl sites for hydroxylation is 1. The summed E-state index contributed by atoms with van der Waals surface area (Å²) in [6.07, 6.45) is 2.21. The molecule has 2 N–H and O–H groups in total. The Hall–Kier alpha value is -1.88. The fourth-order valence-corrected chi connectivity index (χ4v) is 1.71. The number of aromatic carboxylic acids is 1. The fraction of sp³-hybridized carbons (Fsp3) is 0.273. The molecule has 2 rings (SSSR count). The van der Waals surface area contributed by atoms with E-state index in [4.69, 9.17) is 10.2 Å². The fourth-order valence-electron chi connectivity index (χ4n) is 1.71. The normalized spacial score (nSPS) is 10.9. The number of fused-ring (bicyclic) bond motifs is 1. The molecule has 0 spiro atoms. The van der Waals surface area contributed by atoms with Crippen molar-refractivity contribution in [3.63, 3.8) is 0 Å². The average Bonchev–Trinajstić information content (AvgIpc) is 2.65. The highest BCUT2D eigenvalue weighted by Crippen LogP contribution is 2.17. The monoisotopic (exact) mass is 220 g/mol. The van der Waals surface area contributed by atoms with Gasteiger partial charge in [0.2, 0.25) is 0 Å². The second-order valence-corrected chi connectivity index (χ2v) is 3.51. The summed E-state index contributed by atoms with van der Waals surface area (Å²) < 4.78 is 1.51. The first kappa shape index (κ1) is 10.6.